The third-order valence-corrected chi connectivity index (χ3v) is 10.1. The number of ether oxygens (including phenoxy) is 2. The Labute approximate surface area is 366 Å². The summed E-state index contributed by atoms with van der Waals surface area (Å²) < 4.78 is 14.7. The summed E-state index contributed by atoms with van der Waals surface area (Å²) in [4.78, 5) is 55.9. The van der Waals surface area contributed by atoms with Crippen LogP contribution in [0.4, 0.5) is 0 Å². The van der Waals surface area contributed by atoms with E-state index in [4.69, 9.17) is 41.2 Å². The van der Waals surface area contributed by atoms with Gasteiger partial charge in [0, 0.05) is 71.4 Å². The van der Waals surface area contributed by atoms with Crippen molar-refractivity contribution in [1.29, 1.82) is 15.8 Å². The third-order valence-electron chi connectivity index (χ3n) is 10.1. The van der Waals surface area contributed by atoms with Gasteiger partial charge in [-0.2, -0.15) is 15.8 Å². The minimum absolute atomic E-state index is 0.177. The Morgan fingerprint density at radius 2 is 1.02 bits per heavy atom. The SMILES string of the molecule is CCOC(=O)C1=Cc2ccc(C#N)cc2C1.CCOC(=O)c1cc2ccc(C#N)cc2n1C.Cn1c(C(=O)O)cc2ccc(C#N)cc21.Cn1c(C(=O)O)cc2ccc(C(N)=O)cc21. The van der Waals surface area contributed by atoms with Gasteiger partial charge in [0.1, 0.15) is 17.1 Å². The Balaban J connectivity index is 0.000000161. The molecule has 1 amide bonds. The molecule has 0 saturated heterocycles. The number of rotatable bonds is 7. The lowest BCUT2D eigenvalue weighted by molar-refractivity contribution is -0.138. The van der Waals surface area contributed by atoms with E-state index in [1.54, 1.807) is 117 Å². The second-order valence-electron chi connectivity index (χ2n) is 14.1. The maximum absolute atomic E-state index is 11.7. The van der Waals surface area contributed by atoms with Gasteiger partial charge in [0.25, 0.3) is 0 Å². The van der Waals surface area contributed by atoms with Crippen LogP contribution < -0.4 is 5.73 Å². The fourth-order valence-electron chi connectivity index (χ4n) is 6.86. The van der Waals surface area contributed by atoms with E-state index in [0.717, 1.165) is 38.3 Å². The van der Waals surface area contributed by atoms with Crippen LogP contribution in [0.25, 0.3) is 38.8 Å². The van der Waals surface area contributed by atoms with E-state index in [1.165, 1.54) is 4.57 Å². The number of amides is 1. The predicted octanol–water partition coefficient (Wildman–Crippen LogP) is 7.01. The fourth-order valence-corrected chi connectivity index (χ4v) is 6.86. The van der Waals surface area contributed by atoms with E-state index in [-0.39, 0.29) is 23.3 Å². The Hall–Kier alpha value is -8.94. The second kappa shape index (κ2) is 20.1. The van der Waals surface area contributed by atoms with Gasteiger partial charge in [-0.05, 0) is 97.8 Å². The van der Waals surface area contributed by atoms with Gasteiger partial charge in [0.2, 0.25) is 5.91 Å². The van der Waals surface area contributed by atoms with Gasteiger partial charge >= 0.3 is 23.9 Å². The number of nitrogens with two attached hydrogens (primary N) is 1. The van der Waals surface area contributed by atoms with Gasteiger partial charge in [0.15, 0.2) is 0 Å². The van der Waals surface area contributed by atoms with Gasteiger partial charge in [0.05, 0.1) is 48.1 Å². The molecule has 0 fully saturated rings. The molecule has 4 aromatic carbocycles. The molecule has 16 nitrogen and oxygen atoms in total. The first kappa shape index (κ1) is 46.1. The average molecular weight is 860 g/mol. The van der Waals surface area contributed by atoms with Crippen molar-refractivity contribution >= 4 is 68.6 Å². The highest BCUT2D eigenvalue weighted by Crippen LogP contribution is 2.27. The Bertz CT molecular complexity index is 3160. The molecule has 1 aliphatic carbocycles. The number of nitriles is 3. The highest BCUT2D eigenvalue weighted by atomic mass is 16.5. The normalized spacial score (nSPS) is 10.9. The number of esters is 2. The van der Waals surface area contributed by atoms with Crippen LogP contribution >= 0.6 is 0 Å². The van der Waals surface area contributed by atoms with Crippen molar-refractivity contribution in [2.45, 2.75) is 20.3 Å². The molecule has 0 saturated carbocycles. The van der Waals surface area contributed by atoms with Gasteiger partial charge in [-0.3, -0.25) is 4.79 Å². The number of aromatic nitrogens is 3. The molecule has 0 aliphatic heterocycles. The Kier molecular flexibility index (Phi) is 14.5. The van der Waals surface area contributed by atoms with Crippen molar-refractivity contribution in [3.05, 3.63) is 147 Å². The van der Waals surface area contributed by atoms with Crippen LogP contribution in [0.15, 0.2) is 96.6 Å². The standard InChI is InChI=1S/C13H12N2O2.C13H11NO2.C11H10N2O3.C11H8N2O2/c1-3-17-13(16)12-7-10-5-4-9(8-14)6-11(10)15(12)2;1-2-16-13(15)12-6-10-4-3-9(8-14)5-11(10)7-12;1-13-8-5-7(10(12)14)3-2-6(8)4-9(13)11(15)16;1-13-9-4-7(6-12)2-3-8(9)5-10(13)11(14)15/h4-7H,3H2,1-2H3;3-6H,2,7H2,1H3;2-5H,1H3,(H2,12,14)(H,15,16);2-5H,1H3,(H,14,15). The molecule has 1 aliphatic rings. The van der Waals surface area contributed by atoms with Crippen LogP contribution in [0.3, 0.4) is 0 Å². The van der Waals surface area contributed by atoms with Gasteiger partial charge in [-0.15, -0.1) is 0 Å². The van der Waals surface area contributed by atoms with Gasteiger partial charge < -0.3 is 39.1 Å². The van der Waals surface area contributed by atoms with Crippen LogP contribution in [0, 0.1) is 34.0 Å². The largest absolute Gasteiger partial charge is 0.477 e. The van der Waals surface area contributed by atoms with E-state index in [2.05, 4.69) is 12.1 Å². The van der Waals surface area contributed by atoms with E-state index < -0.39 is 17.8 Å². The number of hydrogen-bond acceptors (Lipinski definition) is 10. The zero-order valence-electron chi connectivity index (χ0n) is 35.4. The van der Waals surface area contributed by atoms with Crippen molar-refractivity contribution in [2.24, 2.45) is 26.9 Å². The van der Waals surface area contributed by atoms with E-state index in [0.29, 0.717) is 58.7 Å². The fraction of sp³-hybridized carbons (Fsp3) is 0.167. The number of carboxylic acids is 2. The van der Waals surface area contributed by atoms with E-state index in [1.807, 2.05) is 30.3 Å². The average Bonchev–Trinajstić information content (AvgIpc) is 4.05. The first-order chi connectivity index (χ1) is 30.5. The number of benzene rings is 4. The van der Waals surface area contributed by atoms with Crippen molar-refractivity contribution in [3.63, 3.8) is 0 Å². The molecule has 322 valence electrons. The molecule has 3 aromatic heterocycles. The summed E-state index contributed by atoms with van der Waals surface area (Å²) >= 11 is 0. The van der Waals surface area contributed by atoms with Crippen molar-refractivity contribution in [1.82, 2.24) is 13.7 Å². The van der Waals surface area contributed by atoms with Gasteiger partial charge in [-0.25, -0.2) is 19.2 Å². The van der Waals surface area contributed by atoms with E-state index >= 15 is 0 Å². The van der Waals surface area contributed by atoms with Crippen LogP contribution in [-0.4, -0.2) is 66.9 Å². The molecule has 64 heavy (non-hydrogen) atoms. The smallest absolute Gasteiger partial charge is 0.354 e. The molecule has 3 heterocycles. The Morgan fingerprint density at radius 3 is 1.48 bits per heavy atom. The van der Waals surface area contributed by atoms with Gasteiger partial charge in [-0.1, -0.05) is 24.3 Å². The number of aryl methyl sites for hydroxylation is 3. The highest BCUT2D eigenvalue weighted by Gasteiger charge is 2.20. The number of primary amides is 1. The lowest BCUT2D eigenvalue weighted by Crippen LogP contribution is -2.10. The highest BCUT2D eigenvalue weighted by molar-refractivity contribution is 6.00. The summed E-state index contributed by atoms with van der Waals surface area (Å²) in [6.45, 7) is 4.29. The summed E-state index contributed by atoms with van der Waals surface area (Å²) in [6.07, 6.45) is 2.39. The van der Waals surface area contributed by atoms with Crippen LogP contribution in [0.2, 0.25) is 0 Å². The van der Waals surface area contributed by atoms with Crippen LogP contribution in [0.1, 0.15) is 83.5 Å². The molecule has 0 unspecified atom stereocenters. The zero-order valence-corrected chi connectivity index (χ0v) is 35.4. The topological polar surface area (TPSA) is 256 Å². The lowest BCUT2D eigenvalue weighted by Gasteiger charge is -2.03. The molecule has 0 bridgehead atoms. The molecular weight excluding hydrogens is 819 g/mol. The summed E-state index contributed by atoms with van der Waals surface area (Å²) in [5, 5.41) is 46.7. The number of fused-ring (bicyclic) bond motifs is 4. The minimum Gasteiger partial charge on any atom is -0.477 e. The summed E-state index contributed by atoms with van der Waals surface area (Å²) in [5.41, 5.74) is 13.1. The minimum atomic E-state index is -1.00. The molecule has 7 aromatic rings. The number of carbonyl (C=O) groups is 5. The number of carbonyl (C=O) groups excluding carboxylic acids is 3. The number of hydrogen-bond donors (Lipinski definition) is 3. The molecule has 16 heteroatoms. The zero-order chi connectivity index (χ0) is 46.8. The number of nitrogens with zero attached hydrogens (tertiary/aromatic N) is 6. The molecule has 0 atom stereocenters. The third kappa shape index (κ3) is 10.1. The van der Waals surface area contributed by atoms with Crippen LogP contribution in [0.5, 0.6) is 0 Å². The summed E-state index contributed by atoms with van der Waals surface area (Å²) in [7, 11) is 5.10. The number of aromatic carboxylic acids is 2. The van der Waals surface area contributed by atoms with Crippen LogP contribution in [-0.2, 0) is 41.8 Å². The van der Waals surface area contributed by atoms with Crippen molar-refractivity contribution < 1.29 is 43.7 Å². The second-order valence-corrected chi connectivity index (χ2v) is 14.1. The van der Waals surface area contributed by atoms with Crippen molar-refractivity contribution in [2.75, 3.05) is 13.2 Å². The number of carboxylic acid groups (broad SMARTS) is 2. The first-order valence-corrected chi connectivity index (χ1v) is 19.5. The first-order valence-electron chi connectivity index (χ1n) is 19.5. The maximum Gasteiger partial charge on any atom is 0.354 e. The molecule has 4 N–H and O–H groups in total. The molecular formula is C48H41N7O9. The monoisotopic (exact) mass is 859 g/mol. The van der Waals surface area contributed by atoms with Crippen molar-refractivity contribution in [3.8, 4) is 18.2 Å². The predicted molar refractivity (Wildman–Crippen MR) is 236 cm³/mol. The van der Waals surface area contributed by atoms with E-state index in [9.17, 15) is 24.0 Å². The Morgan fingerprint density at radius 1 is 0.594 bits per heavy atom. The summed E-state index contributed by atoms with van der Waals surface area (Å²) in [6, 6.07) is 31.8. The lowest BCUT2D eigenvalue weighted by atomic mass is 10.1. The quantitative estimate of drug-likeness (QED) is 0.137. The molecule has 8 rings (SSSR count). The maximum atomic E-state index is 11.7. The summed E-state index contributed by atoms with van der Waals surface area (Å²) in [5.74, 6) is -3.10. The molecule has 0 radical (unpaired) electrons. The molecule has 0 spiro atoms.